The molecule has 150 valence electrons. The van der Waals surface area contributed by atoms with E-state index in [1.807, 2.05) is 38.1 Å². The Morgan fingerprint density at radius 3 is 2.18 bits per heavy atom. The number of ether oxygens (including phenoxy) is 1. The third kappa shape index (κ3) is 4.36. The molecule has 6 nitrogen and oxygen atoms in total. The quantitative estimate of drug-likeness (QED) is 0.771. The molecule has 1 fully saturated rings. The van der Waals surface area contributed by atoms with Crippen molar-refractivity contribution in [2.24, 2.45) is 0 Å². The van der Waals surface area contributed by atoms with E-state index in [1.165, 1.54) is 4.31 Å². The Morgan fingerprint density at radius 2 is 1.57 bits per heavy atom. The number of benzene rings is 2. The lowest BCUT2D eigenvalue weighted by atomic mass is 10.2. The molecular weight excluding hydrogens is 376 g/mol. The van der Waals surface area contributed by atoms with Crippen LogP contribution < -0.4 is 4.74 Å². The van der Waals surface area contributed by atoms with Gasteiger partial charge >= 0.3 is 0 Å². The zero-order valence-electron chi connectivity index (χ0n) is 16.5. The predicted molar refractivity (Wildman–Crippen MR) is 108 cm³/mol. The summed E-state index contributed by atoms with van der Waals surface area (Å²) in [7, 11) is -3.54. The van der Waals surface area contributed by atoms with Crippen LogP contribution in [0.25, 0.3) is 0 Å². The first-order chi connectivity index (χ1) is 13.3. The molecule has 3 rings (SSSR count). The normalized spacial score (nSPS) is 16.6. The first-order valence-electron chi connectivity index (χ1n) is 9.37. The highest BCUT2D eigenvalue weighted by molar-refractivity contribution is 7.89. The van der Waals surface area contributed by atoms with Gasteiger partial charge in [-0.15, -0.1) is 0 Å². The van der Waals surface area contributed by atoms with Gasteiger partial charge in [-0.05, 0) is 44.5 Å². The summed E-state index contributed by atoms with van der Waals surface area (Å²) in [4.78, 5) is 14.7. The molecule has 0 aromatic heterocycles. The minimum atomic E-state index is -3.54. The average Bonchev–Trinajstić information content (AvgIpc) is 2.69. The molecule has 0 N–H and O–H groups in total. The maximum Gasteiger partial charge on any atom is 0.263 e. The standard InChI is InChI=1S/C21H26N2O4S/c1-16-8-10-19(11-9-16)28(25,26)23-14-12-22(13-15-23)21(24)18(3)27-20-7-5-4-6-17(20)2/h4-11,18H,12-15H2,1-3H3/t18-/m0/s1. The lowest BCUT2D eigenvalue weighted by molar-refractivity contribution is -0.139. The molecule has 1 atom stereocenters. The average molecular weight is 403 g/mol. The van der Waals surface area contributed by atoms with E-state index in [0.29, 0.717) is 18.8 Å². The van der Waals surface area contributed by atoms with Gasteiger partial charge in [0.2, 0.25) is 10.0 Å². The van der Waals surface area contributed by atoms with Gasteiger partial charge < -0.3 is 9.64 Å². The summed E-state index contributed by atoms with van der Waals surface area (Å²) in [6, 6.07) is 14.4. The van der Waals surface area contributed by atoms with Gasteiger partial charge in [0.15, 0.2) is 6.10 Å². The molecule has 28 heavy (non-hydrogen) atoms. The summed E-state index contributed by atoms with van der Waals surface area (Å²) in [5.41, 5.74) is 1.98. The SMILES string of the molecule is Cc1ccc(S(=O)(=O)N2CCN(C(=O)[C@H](C)Oc3ccccc3C)CC2)cc1. The highest BCUT2D eigenvalue weighted by Gasteiger charge is 2.32. The number of carbonyl (C=O) groups excluding carboxylic acids is 1. The van der Waals surface area contributed by atoms with Crippen LogP contribution in [0, 0.1) is 13.8 Å². The van der Waals surface area contributed by atoms with E-state index >= 15 is 0 Å². The van der Waals surface area contributed by atoms with E-state index in [1.54, 1.807) is 36.1 Å². The minimum Gasteiger partial charge on any atom is -0.481 e. The summed E-state index contributed by atoms with van der Waals surface area (Å²) in [6.45, 7) is 6.83. The fourth-order valence-corrected chi connectivity index (χ4v) is 4.62. The van der Waals surface area contributed by atoms with Crippen molar-refractivity contribution in [2.75, 3.05) is 26.2 Å². The summed E-state index contributed by atoms with van der Waals surface area (Å²) in [6.07, 6.45) is -0.624. The molecule has 1 heterocycles. The molecule has 1 saturated heterocycles. The molecule has 0 bridgehead atoms. The van der Waals surface area contributed by atoms with Gasteiger partial charge in [0, 0.05) is 26.2 Å². The fraction of sp³-hybridized carbons (Fsp3) is 0.381. The maximum atomic E-state index is 12.8. The highest BCUT2D eigenvalue weighted by Crippen LogP contribution is 2.21. The van der Waals surface area contributed by atoms with E-state index in [4.69, 9.17) is 4.74 Å². The van der Waals surface area contributed by atoms with Crippen molar-refractivity contribution in [2.45, 2.75) is 31.8 Å². The van der Waals surface area contributed by atoms with E-state index < -0.39 is 16.1 Å². The Hall–Kier alpha value is -2.38. The third-order valence-corrected chi connectivity index (χ3v) is 6.87. The third-order valence-electron chi connectivity index (χ3n) is 4.95. The van der Waals surface area contributed by atoms with Gasteiger partial charge in [0.05, 0.1) is 4.90 Å². The number of piperazine rings is 1. The number of hydrogen-bond acceptors (Lipinski definition) is 4. The predicted octanol–water partition coefficient (Wildman–Crippen LogP) is 2.60. The number of nitrogens with zero attached hydrogens (tertiary/aromatic N) is 2. The summed E-state index contributed by atoms with van der Waals surface area (Å²) < 4.78 is 32.8. The van der Waals surface area contributed by atoms with Crippen LogP contribution in [0.1, 0.15) is 18.1 Å². The van der Waals surface area contributed by atoms with Crippen LogP contribution in [0.3, 0.4) is 0 Å². The fourth-order valence-electron chi connectivity index (χ4n) is 3.19. The second-order valence-electron chi connectivity index (χ2n) is 7.07. The lowest BCUT2D eigenvalue weighted by Gasteiger charge is -2.35. The number of para-hydroxylation sites is 1. The van der Waals surface area contributed by atoms with Crippen molar-refractivity contribution in [3.63, 3.8) is 0 Å². The summed E-state index contributed by atoms with van der Waals surface area (Å²) in [5.74, 6) is 0.555. The van der Waals surface area contributed by atoms with Crippen LogP contribution in [0.5, 0.6) is 5.75 Å². The van der Waals surface area contributed by atoms with Crippen molar-refractivity contribution in [3.05, 3.63) is 59.7 Å². The van der Waals surface area contributed by atoms with Crippen molar-refractivity contribution < 1.29 is 17.9 Å². The lowest BCUT2D eigenvalue weighted by Crippen LogP contribution is -2.53. The zero-order chi connectivity index (χ0) is 20.3. The number of amides is 1. The van der Waals surface area contributed by atoms with Gasteiger partial charge in [-0.3, -0.25) is 4.79 Å². The molecule has 7 heteroatoms. The molecule has 0 unspecified atom stereocenters. The molecule has 1 amide bonds. The molecule has 2 aromatic rings. The van der Waals surface area contributed by atoms with Crippen molar-refractivity contribution >= 4 is 15.9 Å². The van der Waals surface area contributed by atoms with Crippen LogP contribution in [0.4, 0.5) is 0 Å². The first-order valence-corrected chi connectivity index (χ1v) is 10.8. The van der Waals surface area contributed by atoms with E-state index in [0.717, 1.165) is 11.1 Å². The molecule has 0 saturated carbocycles. The largest absolute Gasteiger partial charge is 0.481 e. The number of rotatable bonds is 5. The number of sulfonamides is 1. The summed E-state index contributed by atoms with van der Waals surface area (Å²) in [5, 5.41) is 0. The number of hydrogen-bond donors (Lipinski definition) is 0. The van der Waals surface area contributed by atoms with Crippen molar-refractivity contribution in [1.29, 1.82) is 0 Å². The van der Waals surface area contributed by atoms with Gasteiger partial charge in [-0.2, -0.15) is 4.31 Å². The van der Waals surface area contributed by atoms with Gasteiger partial charge in [-0.1, -0.05) is 35.9 Å². The number of carbonyl (C=O) groups is 1. The van der Waals surface area contributed by atoms with E-state index in [2.05, 4.69) is 0 Å². The Morgan fingerprint density at radius 1 is 0.964 bits per heavy atom. The molecule has 2 aromatic carbocycles. The van der Waals surface area contributed by atoms with Crippen molar-refractivity contribution in [3.8, 4) is 5.75 Å². The van der Waals surface area contributed by atoms with Crippen LogP contribution in [0.15, 0.2) is 53.4 Å². The van der Waals surface area contributed by atoms with E-state index in [9.17, 15) is 13.2 Å². The molecular formula is C21H26N2O4S. The van der Waals surface area contributed by atoms with Gasteiger partial charge in [-0.25, -0.2) is 8.42 Å². The Bertz CT molecular complexity index is 933. The Balaban J connectivity index is 1.60. The second-order valence-corrected chi connectivity index (χ2v) is 9.01. The molecule has 0 radical (unpaired) electrons. The molecule has 1 aliphatic heterocycles. The van der Waals surface area contributed by atoms with Crippen LogP contribution in [-0.4, -0.2) is 55.8 Å². The van der Waals surface area contributed by atoms with Crippen molar-refractivity contribution in [1.82, 2.24) is 9.21 Å². The van der Waals surface area contributed by atoms with Gasteiger partial charge in [0.25, 0.3) is 5.91 Å². The van der Waals surface area contributed by atoms with E-state index in [-0.39, 0.29) is 23.9 Å². The molecule has 0 spiro atoms. The smallest absolute Gasteiger partial charge is 0.263 e. The van der Waals surface area contributed by atoms with Crippen LogP contribution in [-0.2, 0) is 14.8 Å². The first kappa shape index (κ1) is 20.4. The topological polar surface area (TPSA) is 66.9 Å². The number of aryl methyl sites for hydroxylation is 2. The van der Waals surface area contributed by atoms with Gasteiger partial charge in [0.1, 0.15) is 5.75 Å². The monoisotopic (exact) mass is 402 g/mol. The van der Waals surface area contributed by atoms with Crippen LogP contribution in [0.2, 0.25) is 0 Å². The Labute approximate surface area is 166 Å². The zero-order valence-corrected chi connectivity index (χ0v) is 17.3. The minimum absolute atomic E-state index is 0.129. The van der Waals surface area contributed by atoms with Crippen LogP contribution >= 0.6 is 0 Å². The maximum absolute atomic E-state index is 12.8. The second kappa shape index (κ2) is 8.32. The highest BCUT2D eigenvalue weighted by atomic mass is 32.2. The summed E-state index contributed by atoms with van der Waals surface area (Å²) >= 11 is 0. The molecule has 1 aliphatic rings. The molecule has 0 aliphatic carbocycles. The Kier molecular flexibility index (Phi) is 6.05.